The highest BCUT2D eigenvalue weighted by atomic mass is 35.5. The number of hydrogen-bond donors (Lipinski definition) is 2. The van der Waals surface area contributed by atoms with E-state index in [1.54, 1.807) is 24.8 Å². The van der Waals surface area contributed by atoms with Crippen molar-refractivity contribution in [2.75, 3.05) is 36.4 Å². The predicted molar refractivity (Wildman–Crippen MR) is 183 cm³/mol. The van der Waals surface area contributed by atoms with Crippen molar-refractivity contribution in [3.05, 3.63) is 93.1 Å². The van der Waals surface area contributed by atoms with Crippen molar-refractivity contribution in [2.24, 2.45) is 0 Å². The van der Waals surface area contributed by atoms with Crippen molar-refractivity contribution in [1.82, 2.24) is 34.0 Å². The highest BCUT2D eigenvalue weighted by Gasteiger charge is 2.32. The number of halogens is 4. The zero-order chi connectivity index (χ0) is 36.9. The molecule has 1 fully saturated rings. The van der Waals surface area contributed by atoms with Crippen LogP contribution in [0, 0.1) is 6.92 Å². The zero-order valence-electron chi connectivity index (χ0n) is 27.6. The summed E-state index contributed by atoms with van der Waals surface area (Å²) in [7, 11) is 0. The molecule has 268 valence electrons. The SMILES string of the molecule is CCc1c(N2CCN(C(=O)c3ncnc(C)c3O)CC2)c(=O)n2nc(-c3coc4ccccc34)nc2n1CC(=O)Nc1ccc(C(F)(F)F)cc1Cl. The third-order valence-corrected chi connectivity index (χ3v) is 9.16. The number of fused-ring (bicyclic) bond motifs is 2. The second-order valence-electron chi connectivity index (χ2n) is 12.0. The molecule has 0 radical (unpaired) electrons. The standard InChI is InChI=1S/C34H29ClF3N9O5/c1-3-24-28(44-10-12-45(13-11-44)31(50)27-29(49)18(2)39-17-40-27)32(51)47-33(42-30(43-47)21-16-52-25-7-5-4-6-20(21)25)46(24)15-26(48)41-23-9-8-19(14-22(23)35)34(36,37)38/h4-9,14,16-17,49H,3,10-13,15H2,1-2H3,(H,41,48). The minimum absolute atomic E-state index is 0.0345. The predicted octanol–water partition coefficient (Wildman–Crippen LogP) is 4.94. The van der Waals surface area contributed by atoms with Gasteiger partial charge in [0.15, 0.2) is 17.3 Å². The Morgan fingerprint density at radius 3 is 2.54 bits per heavy atom. The van der Waals surface area contributed by atoms with Gasteiger partial charge in [-0.2, -0.15) is 22.7 Å². The molecule has 0 unspecified atom stereocenters. The van der Waals surface area contributed by atoms with Crippen LogP contribution in [0.25, 0.3) is 28.1 Å². The number of hydrogen-bond acceptors (Lipinski definition) is 10. The number of amides is 2. The minimum atomic E-state index is -4.62. The summed E-state index contributed by atoms with van der Waals surface area (Å²) in [4.78, 5) is 57.0. The molecule has 5 heterocycles. The van der Waals surface area contributed by atoms with Crippen LogP contribution in [0.4, 0.5) is 24.5 Å². The monoisotopic (exact) mass is 735 g/mol. The van der Waals surface area contributed by atoms with Gasteiger partial charge in [-0.05, 0) is 37.6 Å². The van der Waals surface area contributed by atoms with Crippen LogP contribution in [0.1, 0.15) is 34.4 Å². The summed E-state index contributed by atoms with van der Waals surface area (Å²) in [6.07, 6.45) is -1.69. The Labute approximate surface area is 297 Å². The molecule has 2 amide bonds. The fraction of sp³-hybridized carbons (Fsp3) is 0.265. The van der Waals surface area contributed by atoms with E-state index in [1.165, 1.54) is 22.1 Å². The van der Waals surface area contributed by atoms with E-state index in [0.717, 1.165) is 22.7 Å². The second kappa shape index (κ2) is 13.3. The van der Waals surface area contributed by atoms with Crippen molar-refractivity contribution in [2.45, 2.75) is 33.0 Å². The van der Waals surface area contributed by atoms with Gasteiger partial charge in [0.2, 0.25) is 11.7 Å². The normalized spacial score (nSPS) is 13.7. The van der Waals surface area contributed by atoms with E-state index in [0.29, 0.717) is 22.2 Å². The quantitative estimate of drug-likeness (QED) is 0.230. The van der Waals surface area contributed by atoms with Crippen molar-refractivity contribution in [1.29, 1.82) is 0 Å². The van der Waals surface area contributed by atoms with Gasteiger partial charge in [-0.1, -0.05) is 36.7 Å². The maximum atomic E-state index is 14.3. The average molecular weight is 736 g/mol. The third-order valence-electron chi connectivity index (χ3n) is 8.85. The lowest BCUT2D eigenvalue weighted by atomic mass is 10.2. The maximum absolute atomic E-state index is 14.3. The van der Waals surface area contributed by atoms with E-state index in [9.17, 15) is 32.7 Å². The number of anilines is 2. The van der Waals surface area contributed by atoms with Gasteiger partial charge in [0.25, 0.3) is 11.5 Å². The number of nitrogens with zero attached hydrogens (tertiary/aromatic N) is 8. The number of carbonyl (C=O) groups is 2. The fourth-order valence-corrected chi connectivity index (χ4v) is 6.45. The van der Waals surface area contributed by atoms with Crippen molar-refractivity contribution < 1.29 is 32.3 Å². The summed E-state index contributed by atoms with van der Waals surface area (Å²) in [6.45, 7) is 3.74. The molecule has 0 aliphatic carbocycles. The maximum Gasteiger partial charge on any atom is 0.416 e. The molecule has 0 bridgehead atoms. The van der Waals surface area contributed by atoms with Gasteiger partial charge < -0.3 is 29.2 Å². The number of aromatic hydroxyl groups is 1. The summed E-state index contributed by atoms with van der Waals surface area (Å²) < 4.78 is 48.0. The highest BCUT2D eigenvalue weighted by molar-refractivity contribution is 6.33. The van der Waals surface area contributed by atoms with Crippen molar-refractivity contribution >= 4 is 51.5 Å². The molecular formula is C34H29ClF3N9O5. The number of piperazine rings is 1. The van der Waals surface area contributed by atoms with Crippen LogP contribution in [-0.4, -0.2) is 77.1 Å². The molecule has 0 atom stereocenters. The zero-order valence-corrected chi connectivity index (χ0v) is 28.4. The number of furan rings is 1. The number of carbonyl (C=O) groups excluding carboxylic acids is 2. The summed E-state index contributed by atoms with van der Waals surface area (Å²) in [5.74, 6) is -1.24. The van der Waals surface area contributed by atoms with Crippen LogP contribution in [0.15, 0.2) is 64.3 Å². The van der Waals surface area contributed by atoms with Gasteiger partial charge in [0.05, 0.1) is 33.2 Å². The van der Waals surface area contributed by atoms with Crippen LogP contribution in [-0.2, 0) is 23.9 Å². The summed E-state index contributed by atoms with van der Waals surface area (Å²) in [5, 5.41) is 17.9. The molecule has 52 heavy (non-hydrogen) atoms. The largest absolute Gasteiger partial charge is 0.504 e. The topological polar surface area (TPSA) is 164 Å². The van der Waals surface area contributed by atoms with Gasteiger partial charge in [0, 0.05) is 31.6 Å². The first kappa shape index (κ1) is 34.5. The Kier molecular flexibility index (Phi) is 8.82. The van der Waals surface area contributed by atoms with Gasteiger partial charge in [-0.25, -0.2) is 9.97 Å². The molecule has 6 aromatic rings. The van der Waals surface area contributed by atoms with Gasteiger partial charge in [-0.3, -0.25) is 14.4 Å². The molecular weight excluding hydrogens is 707 g/mol. The Morgan fingerprint density at radius 2 is 1.83 bits per heavy atom. The fourth-order valence-electron chi connectivity index (χ4n) is 6.23. The molecule has 2 N–H and O–H groups in total. The van der Waals surface area contributed by atoms with E-state index in [4.69, 9.17) is 16.0 Å². The molecule has 1 aliphatic rings. The van der Waals surface area contributed by atoms with Crippen LogP contribution in [0.3, 0.4) is 0 Å². The number of aromatic nitrogens is 6. The van der Waals surface area contributed by atoms with Crippen molar-refractivity contribution in [3.63, 3.8) is 0 Å². The van der Waals surface area contributed by atoms with E-state index in [-0.39, 0.29) is 77.7 Å². The molecule has 4 aromatic heterocycles. The first-order chi connectivity index (χ1) is 24.8. The average Bonchev–Trinajstić information content (AvgIpc) is 3.76. The van der Waals surface area contributed by atoms with E-state index >= 15 is 0 Å². The molecule has 14 nitrogen and oxygen atoms in total. The van der Waals surface area contributed by atoms with Gasteiger partial charge in [-0.15, -0.1) is 5.10 Å². The molecule has 7 rings (SSSR count). The van der Waals surface area contributed by atoms with E-state index in [2.05, 4.69) is 25.4 Å². The molecule has 0 saturated carbocycles. The lowest BCUT2D eigenvalue weighted by Crippen LogP contribution is -2.51. The molecule has 18 heteroatoms. The number of nitrogens with one attached hydrogen (secondary N) is 1. The second-order valence-corrected chi connectivity index (χ2v) is 12.4. The Balaban J connectivity index is 1.27. The van der Waals surface area contributed by atoms with Gasteiger partial charge >= 0.3 is 6.18 Å². The van der Waals surface area contributed by atoms with Crippen LogP contribution in [0.5, 0.6) is 5.75 Å². The summed E-state index contributed by atoms with van der Waals surface area (Å²) >= 11 is 6.13. The van der Waals surface area contributed by atoms with E-state index in [1.807, 2.05) is 18.2 Å². The number of rotatable bonds is 7. The summed E-state index contributed by atoms with van der Waals surface area (Å²) in [6, 6.07) is 9.82. The lowest BCUT2D eigenvalue weighted by Gasteiger charge is -2.36. The minimum Gasteiger partial charge on any atom is -0.504 e. The smallest absolute Gasteiger partial charge is 0.416 e. The molecule has 2 aromatic carbocycles. The first-order valence-corrected chi connectivity index (χ1v) is 16.4. The Morgan fingerprint density at radius 1 is 1.08 bits per heavy atom. The van der Waals surface area contributed by atoms with Crippen LogP contribution >= 0.6 is 11.6 Å². The summed E-state index contributed by atoms with van der Waals surface area (Å²) in [5.41, 5.74) is 0.385. The van der Waals surface area contributed by atoms with Gasteiger partial charge in [0.1, 0.15) is 30.4 Å². The highest BCUT2D eigenvalue weighted by Crippen LogP contribution is 2.34. The number of benzene rings is 2. The Hall–Kier alpha value is -5.97. The molecule has 1 saturated heterocycles. The third kappa shape index (κ3) is 6.16. The number of alkyl halides is 3. The van der Waals surface area contributed by atoms with E-state index < -0.39 is 35.7 Å². The Bertz CT molecular complexity index is 2430. The number of para-hydroxylation sites is 1. The number of aryl methyl sites for hydroxylation is 1. The molecule has 0 spiro atoms. The van der Waals surface area contributed by atoms with Crippen molar-refractivity contribution in [3.8, 4) is 17.1 Å². The molecule has 1 aliphatic heterocycles. The van der Waals surface area contributed by atoms with Crippen LogP contribution < -0.4 is 15.8 Å². The van der Waals surface area contributed by atoms with Crippen LogP contribution in [0.2, 0.25) is 5.02 Å². The first-order valence-electron chi connectivity index (χ1n) is 16.1. The lowest BCUT2D eigenvalue weighted by molar-refractivity contribution is -0.137.